The lowest BCUT2D eigenvalue weighted by molar-refractivity contribution is 0.164. The molecule has 0 unspecified atom stereocenters. The third-order valence-electron chi connectivity index (χ3n) is 2.77. The van der Waals surface area contributed by atoms with Gasteiger partial charge in [0, 0.05) is 25.0 Å². The molecule has 1 aromatic heterocycles. The van der Waals surface area contributed by atoms with Gasteiger partial charge in [-0.2, -0.15) is 0 Å². The first kappa shape index (κ1) is 14.1. The quantitative estimate of drug-likeness (QED) is 0.601. The third-order valence-corrected chi connectivity index (χ3v) is 3.76. The van der Waals surface area contributed by atoms with E-state index >= 15 is 0 Å². The molecular formula is C14H19N3OS. The molecular weight excluding hydrogens is 258 g/mol. The van der Waals surface area contributed by atoms with E-state index in [0.29, 0.717) is 0 Å². The molecule has 19 heavy (non-hydrogen) atoms. The van der Waals surface area contributed by atoms with Gasteiger partial charge < -0.3 is 9.30 Å². The van der Waals surface area contributed by atoms with Gasteiger partial charge in [-0.3, -0.25) is 0 Å². The van der Waals surface area contributed by atoms with Crippen LogP contribution in [0.2, 0.25) is 0 Å². The molecule has 0 atom stereocenters. The number of hydrogen-bond acceptors (Lipinski definition) is 4. The topological polar surface area (TPSA) is 39.9 Å². The van der Waals surface area contributed by atoms with Crippen LogP contribution in [0.5, 0.6) is 0 Å². The lowest BCUT2D eigenvalue weighted by Crippen LogP contribution is -1.99. The second kappa shape index (κ2) is 6.73. The van der Waals surface area contributed by atoms with E-state index in [4.69, 9.17) is 4.74 Å². The van der Waals surface area contributed by atoms with Gasteiger partial charge >= 0.3 is 0 Å². The fourth-order valence-electron chi connectivity index (χ4n) is 1.81. The van der Waals surface area contributed by atoms with Gasteiger partial charge in [-0.1, -0.05) is 35.5 Å². The summed E-state index contributed by atoms with van der Waals surface area (Å²) in [6, 6.07) is 8.31. The van der Waals surface area contributed by atoms with Gasteiger partial charge in [0.2, 0.25) is 0 Å². The standard InChI is InChI=1S/C14H19N3OS/c1-4-18-8-9-19-14-16-15-13(17(14)3)12-7-5-6-11(2)10-12/h5-7,10H,4,8-9H2,1-3H3. The molecule has 0 bridgehead atoms. The predicted octanol–water partition coefficient (Wildman–Crippen LogP) is 2.92. The minimum Gasteiger partial charge on any atom is -0.381 e. The monoisotopic (exact) mass is 277 g/mol. The van der Waals surface area contributed by atoms with E-state index in [1.165, 1.54) is 5.56 Å². The maximum Gasteiger partial charge on any atom is 0.191 e. The molecule has 0 N–H and O–H groups in total. The van der Waals surface area contributed by atoms with E-state index in [9.17, 15) is 0 Å². The van der Waals surface area contributed by atoms with Gasteiger partial charge in [0.15, 0.2) is 11.0 Å². The molecule has 0 fully saturated rings. The highest BCUT2D eigenvalue weighted by Gasteiger charge is 2.10. The molecule has 0 aliphatic rings. The fourth-order valence-corrected chi connectivity index (χ4v) is 2.57. The molecule has 1 heterocycles. The van der Waals surface area contributed by atoms with Gasteiger partial charge in [-0.15, -0.1) is 10.2 Å². The number of hydrogen-bond donors (Lipinski definition) is 0. The zero-order chi connectivity index (χ0) is 13.7. The van der Waals surface area contributed by atoms with Crippen molar-refractivity contribution in [1.29, 1.82) is 0 Å². The Labute approximate surface area is 118 Å². The van der Waals surface area contributed by atoms with E-state index < -0.39 is 0 Å². The molecule has 0 aliphatic heterocycles. The van der Waals surface area contributed by atoms with Crippen molar-refractivity contribution in [3.8, 4) is 11.4 Å². The normalized spacial score (nSPS) is 10.9. The first-order chi connectivity index (χ1) is 9.22. The molecule has 0 radical (unpaired) electrons. The number of ether oxygens (including phenoxy) is 1. The van der Waals surface area contributed by atoms with Gasteiger partial charge in [0.1, 0.15) is 0 Å². The van der Waals surface area contributed by atoms with Crippen molar-refractivity contribution in [2.45, 2.75) is 19.0 Å². The van der Waals surface area contributed by atoms with Gasteiger partial charge in [-0.25, -0.2) is 0 Å². The summed E-state index contributed by atoms with van der Waals surface area (Å²) in [4.78, 5) is 0. The van der Waals surface area contributed by atoms with Gasteiger partial charge in [0.25, 0.3) is 0 Å². The lowest BCUT2D eigenvalue weighted by Gasteiger charge is -2.04. The van der Waals surface area contributed by atoms with Gasteiger partial charge in [-0.05, 0) is 19.9 Å². The number of rotatable bonds is 6. The number of thioether (sulfide) groups is 1. The van der Waals surface area contributed by atoms with Crippen LogP contribution < -0.4 is 0 Å². The van der Waals surface area contributed by atoms with Crippen LogP contribution in [-0.4, -0.2) is 33.7 Å². The van der Waals surface area contributed by atoms with Crippen molar-refractivity contribution >= 4 is 11.8 Å². The Morgan fingerprint density at radius 3 is 2.89 bits per heavy atom. The first-order valence-corrected chi connectivity index (χ1v) is 7.38. The van der Waals surface area contributed by atoms with Crippen LogP contribution in [0.15, 0.2) is 29.4 Å². The largest absolute Gasteiger partial charge is 0.381 e. The summed E-state index contributed by atoms with van der Waals surface area (Å²) in [5.41, 5.74) is 2.33. The second-order valence-corrected chi connectivity index (χ2v) is 5.34. The third kappa shape index (κ3) is 3.58. The van der Waals surface area contributed by atoms with Crippen molar-refractivity contribution < 1.29 is 4.74 Å². The second-order valence-electron chi connectivity index (χ2n) is 4.28. The highest BCUT2D eigenvalue weighted by molar-refractivity contribution is 7.99. The molecule has 4 nitrogen and oxygen atoms in total. The average Bonchev–Trinajstić information content (AvgIpc) is 2.76. The summed E-state index contributed by atoms with van der Waals surface area (Å²) in [5, 5.41) is 9.44. The Morgan fingerprint density at radius 1 is 1.32 bits per heavy atom. The summed E-state index contributed by atoms with van der Waals surface area (Å²) in [5.74, 6) is 1.80. The van der Waals surface area contributed by atoms with E-state index in [1.54, 1.807) is 11.8 Å². The Kier molecular flexibility index (Phi) is 4.99. The van der Waals surface area contributed by atoms with Crippen molar-refractivity contribution in [3.05, 3.63) is 29.8 Å². The van der Waals surface area contributed by atoms with Crippen LogP contribution in [0.3, 0.4) is 0 Å². The molecule has 0 aliphatic carbocycles. The van der Waals surface area contributed by atoms with Crippen LogP contribution >= 0.6 is 11.8 Å². The average molecular weight is 277 g/mol. The van der Waals surface area contributed by atoms with Crippen molar-refractivity contribution in [1.82, 2.24) is 14.8 Å². The lowest BCUT2D eigenvalue weighted by atomic mass is 10.1. The molecule has 2 aromatic rings. The summed E-state index contributed by atoms with van der Waals surface area (Å²) < 4.78 is 7.36. The summed E-state index contributed by atoms with van der Waals surface area (Å²) in [7, 11) is 2.00. The molecule has 0 amide bonds. The SMILES string of the molecule is CCOCCSc1nnc(-c2cccc(C)c2)n1C. The van der Waals surface area contributed by atoms with Crippen molar-refractivity contribution in [2.75, 3.05) is 19.0 Å². The van der Waals surface area contributed by atoms with Crippen LogP contribution in [0.25, 0.3) is 11.4 Å². The summed E-state index contributed by atoms with van der Waals surface area (Å²) in [6.07, 6.45) is 0. The van der Waals surface area contributed by atoms with Crippen LogP contribution in [0.1, 0.15) is 12.5 Å². The van der Waals surface area contributed by atoms with Crippen LogP contribution in [-0.2, 0) is 11.8 Å². The molecule has 0 saturated heterocycles. The smallest absolute Gasteiger partial charge is 0.191 e. The Balaban J connectivity index is 2.10. The van der Waals surface area contributed by atoms with E-state index in [-0.39, 0.29) is 0 Å². The minimum absolute atomic E-state index is 0.744. The Hall–Kier alpha value is -1.33. The van der Waals surface area contributed by atoms with Crippen molar-refractivity contribution in [2.24, 2.45) is 7.05 Å². The highest BCUT2D eigenvalue weighted by atomic mass is 32.2. The van der Waals surface area contributed by atoms with Crippen molar-refractivity contribution in [3.63, 3.8) is 0 Å². The van der Waals surface area contributed by atoms with E-state index in [0.717, 1.165) is 35.5 Å². The van der Waals surface area contributed by atoms with Crippen LogP contribution in [0, 0.1) is 6.92 Å². The molecule has 2 rings (SSSR count). The van der Waals surface area contributed by atoms with Gasteiger partial charge in [0.05, 0.1) is 6.61 Å². The maximum absolute atomic E-state index is 5.32. The Bertz CT molecular complexity index is 539. The molecule has 1 aromatic carbocycles. The van der Waals surface area contributed by atoms with E-state index in [1.807, 2.05) is 24.6 Å². The summed E-state index contributed by atoms with van der Waals surface area (Å²) in [6.45, 7) is 5.59. The number of nitrogens with zero attached hydrogens (tertiary/aromatic N) is 3. The zero-order valence-electron chi connectivity index (χ0n) is 11.6. The number of aromatic nitrogens is 3. The highest BCUT2D eigenvalue weighted by Crippen LogP contribution is 2.22. The zero-order valence-corrected chi connectivity index (χ0v) is 12.4. The molecule has 5 heteroatoms. The number of aryl methyl sites for hydroxylation is 1. The Morgan fingerprint density at radius 2 is 2.16 bits per heavy atom. The maximum atomic E-state index is 5.32. The predicted molar refractivity (Wildman–Crippen MR) is 78.4 cm³/mol. The first-order valence-electron chi connectivity index (χ1n) is 6.39. The summed E-state index contributed by atoms with van der Waals surface area (Å²) >= 11 is 1.67. The number of benzene rings is 1. The van der Waals surface area contributed by atoms with E-state index in [2.05, 4.69) is 35.3 Å². The molecule has 102 valence electrons. The molecule has 0 spiro atoms. The fraction of sp³-hybridized carbons (Fsp3) is 0.429. The molecule has 0 saturated carbocycles. The van der Waals surface area contributed by atoms with Crippen LogP contribution in [0.4, 0.5) is 0 Å². The minimum atomic E-state index is 0.744.